The third-order valence-electron chi connectivity index (χ3n) is 3.80. The fraction of sp³-hybridized carbons (Fsp3) is 0.333. The molecule has 0 bridgehead atoms. The van der Waals surface area contributed by atoms with Crippen LogP contribution >= 0.6 is 0 Å². The largest absolute Gasteiger partial charge is 0.494 e. The second-order valence-corrected chi connectivity index (χ2v) is 4.98. The molecule has 0 amide bonds. The SMILES string of the molecule is CCc1c(O)n(C2CCOc3ccccc32)c(=O)[nH]c1=O. The summed E-state index contributed by atoms with van der Waals surface area (Å²) in [6.45, 7) is 2.21. The fourth-order valence-electron chi connectivity index (χ4n) is 2.78. The number of rotatable bonds is 2. The van der Waals surface area contributed by atoms with Crippen LogP contribution in [0.1, 0.15) is 30.5 Å². The molecule has 0 radical (unpaired) electrons. The molecule has 0 spiro atoms. The Morgan fingerprint density at radius 2 is 2.14 bits per heavy atom. The van der Waals surface area contributed by atoms with Crippen LogP contribution in [-0.2, 0) is 6.42 Å². The summed E-state index contributed by atoms with van der Waals surface area (Å²) in [5, 5.41) is 10.3. The highest BCUT2D eigenvalue weighted by Crippen LogP contribution is 2.35. The molecule has 1 atom stereocenters. The van der Waals surface area contributed by atoms with Crippen molar-refractivity contribution < 1.29 is 9.84 Å². The van der Waals surface area contributed by atoms with Gasteiger partial charge in [-0.15, -0.1) is 0 Å². The topological polar surface area (TPSA) is 84.3 Å². The van der Waals surface area contributed by atoms with Crippen LogP contribution in [0.4, 0.5) is 0 Å². The predicted molar refractivity (Wildman–Crippen MR) is 77.1 cm³/mol. The van der Waals surface area contributed by atoms with E-state index in [1.165, 1.54) is 4.57 Å². The lowest BCUT2D eigenvalue weighted by Gasteiger charge is -2.28. The summed E-state index contributed by atoms with van der Waals surface area (Å²) in [5.41, 5.74) is -0.0816. The number of aromatic nitrogens is 2. The summed E-state index contributed by atoms with van der Waals surface area (Å²) in [5.74, 6) is 0.442. The number of aromatic hydroxyl groups is 1. The van der Waals surface area contributed by atoms with Crippen LogP contribution in [0.2, 0.25) is 0 Å². The molecule has 0 saturated heterocycles. The molecular formula is C15H16N2O4. The minimum atomic E-state index is -0.601. The molecule has 1 aliphatic rings. The second-order valence-electron chi connectivity index (χ2n) is 4.98. The van der Waals surface area contributed by atoms with E-state index in [0.717, 1.165) is 5.56 Å². The first-order valence-electron chi connectivity index (χ1n) is 6.92. The van der Waals surface area contributed by atoms with Crippen LogP contribution < -0.4 is 16.0 Å². The first-order chi connectivity index (χ1) is 10.1. The lowest BCUT2D eigenvalue weighted by molar-refractivity contribution is 0.244. The Hall–Kier alpha value is -2.50. The van der Waals surface area contributed by atoms with Crippen LogP contribution in [-0.4, -0.2) is 21.3 Å². The van der Waals surface area contributed by atoms with Gasteiger partial charge in [-0.25, -0.2) is 4.79 Å². The summed E-state index contributed by atoms with van der Waals surface area (Å²) in [7, 11) is 0. The number of para-hydroxylation sites is 1. The number of hydrogen-bond donors (Lipinski definition) is 2. The smallest absolute Gasteiger partial charge is 0.331 e. The molecule has 0 aliphatic carbocycles. The van der Waals surface area contributed by atoms with E-state index < -0.39 is 11.2 Å². The number of H-pyrrole nitrogens is 1. The number of nitrogens with one attached hydrogen (secondary N) is 1. The molecule has 1 aromatic heterocycles. The van der Waals surface area contributed by atoms with Gasteiger partial charge in [-0.2, -0.15) is 0 Å². The Labute approximate surface area is 120 Å². The van der Waals surface area contributed by atoms with E-state index in [4.69, 9.17) is 4.74 Å². The standard InChI is InChI=1S/C15H16N2O4/c1-2-9-13(18)16-15(20)17(14(9)19)11-7-8-21-12-6-4-3-5-10(11)12/h3-6,11,19H,2,7-8H2,1H3,(H,16,18,20). The molecule has 6 nitrogen and oxygen atoms in total. The maximum Gasteiger partial charge on any atom is 0.331 e. The highest BCUT2D eigenvalue weighted by atomic mass is 16.5. The minimum absolute atomic E-state index is 0.221. The fourth-order valence-corrected chi connectivity index (χ4v) is 2.78. The van der Waals surface area contributed by atoms with E-state index in [9.17, 15) is 14.7 Å². The van der Waals surface area contributed by atoms with E-state index >= 15 is 0 Å². The quantitative estimate of drug-likeness (QED) is 0.869. The molecule has 21 heavy (non-hydrogen) atoms. The molecule has 0 saturated carbocycles. The van der Waals surface area contributed by atoms with E-state index in [0.29, 0.717) is 25.2 Å². The van der Waals surface area contributed by atoms with Crippen molar-refractivity contribution in [2.75, 3.05) is 6.61 Å². The lowest BCUT2D eigenvalue weighted by Crippen LogP contribution is -2.36. The van der Waals surface area contributed by atoms with Gasteiger partial charge in [0.2, 0.25) is 5.88 Å². The van der Waals surface area contributed by atoms with Gasteiger partial charge in [0.15, 0.2) is 0 Å². The first kappa shape index (κ1) is 13.5. The molecular weight excluding hydrogens is 272 g/mol. The summed E-state index contributed by atoms with van der Waals surface area (Å²) in [6.07, 6.45) is 0.909. The van der Waals surface area contributed by atoms with Crippen LogP contribution in [0.3, 0.4) is 0 Å². The highest BCUT2D eigenvalue weighted by Gasteiger charge is 2.27. The number of aromatic amines is 1. The first-order valence-corrected chi connectivity index (χ1v) is 6.92. The van der Waals surface area contributed by atoms with Crippen molar-refractivity contribution in [1.82, 2.24) is 9.55 Å². The molecule has 2 aromatic rings. The molecule has 0 fully saturated rings. The maximum atomic E-state index is 12.1. The molecule has 1 unspecified atom stereocenters. The van der Waals surface area contributed by atoms with Gasteiger partial charge >= 0.3 is 5.69 Å². The van der Waals surface area contributed by atoms with Crippen molar-refractivity contribution in [3.8, 4) is 11.6 Å². The lowest BCUT2D eigenvalue weighted by atomic mass is 10.00. The Morgan fingerprint density at radius 3 is 2.90 bits per heavy atom. The van der Waals surface area contributed by atoms with Crippen molar-refractivity contribution in [2.24, 2.45) is 0 Å². The van der Waals surface area contributed by atoms with E-state index in [1.54, 1.807) is 6.92 Å². The molecule has 2 heterocycles. The van der Waals surface area contributed by atoms with Gasteiger partial charge in [0.1, 0.15) is 5.75 Å². The molecule has 2 N–H and O–H groups in total. The highest BCUT2D eigenvalue weighted by molar-refractivity contribution is 5.39. The average Bonchev–Trinajstić information content (AvgIpc) is 2.47. The number of benzene rings is 1. The Morgan fingerprint density at radius 1 is 1.38 bits per heavy atom. The Kier molecular flexibility index (Phi) is 3.29. The zero-order valence-electron chi connectivity index (χ0n) is 11.6. The van der Waals surface area contributed by atoms with Gasteiger partial charge in [-0.1, -0.05) is 25.1 Å². The van der Waals surface area contributed by atoms with Crippen molar-refractivity contribution >= 4 is 0 Å². The van der Waals surface area contributed by atoms with Gasteiger partial charge in [0.05, 0.1) is 18.2 Å². The number of ether oxygens (including phenoxy) is 1. The molecule has 6 heteroatoms. The normalized spacial score (nSPS) is 17.1. The maximum absolute atomic E-state index is 12.1. The summed E-state index contributed by atoms with van der Waals surface area (Å²) >= 11 is 0. The summed E-state index contributed by atoms with van der Waals surface area (Å²) in [6, 6.07) is 7.06. The van der Waals surface area contributed by atoms with Crippen molar-refractivity contribution in [3.05, 3.63) is 56.2 Å². The third-order valence-corrected chi connectivity index (χ3v) is 3.80. The van der Waals surface area contributed by atoms with Crippen LogP contribution in [0.15, 0.2) is 33.9 Å². The third kappa shape index (κ3) is 2.12. The molecule has 3 rings (SSSR count). The molecule has 110 valence electrons. The monoisotopic (exact) mass is 288 g/mol. The second kappa shape index (κ2) is 5.12. The average molecular weight is 288 g/mol. The zero-order valence-corrected chi connectivity index (χ0v) is 11.6. The van der Waals surface area contributed by atoms with Gasteiger partial charge in [0.25, 0.3) is 5.56 Å². The number of fused-ring (bicyclic) bond motifs is 1. The van der Waals surface area contributed by atoms with Crippen molar-refractivity contribution in [3.63, 3.8) is 0 Å². The van der Waals surface area contributed by atoms with Crippen molar-refractivity contribution in [2.45, 2.75) is 25.8 Å². The van der Waals surface area contributed by atoms with E-state index in [2.05, 4.69) is 4.98 Å². The Balaban J connectivity index is 2.23. The predicted octanol–water partition coefficient (Wildman–Crippen LogP) is 1.18. The van der Waals surface area contributed by atoms with Gasteiger partial charge < -0.3 is 9.84 Å². The van der Waals surface area contributed by atoms with Gasteiger partial charge in [-0.3, -0.25) is 14.3 Å². The van der Waals surface area contributed by atoms with Crippen molar-refractivity contribution in [1.29, 1.82) is 0 Å². The van der Waals surface area contributed by atoms with Crippen LogP contribution in [0, 0.1) is 0 Å². The summed E-state index contributed by atoms with van der Waals surface area (Å²) < 4.78 is 6.82. The number of hydrogen-bond acceptors (Lipinski definition) is 4. The molecule has 1 aliphatic heterocycles. The van der Waals surface area contributed by atoms with Crippen LogP contribution in [0.25, 0.3) is 0 Å². The van der Waals surface area contributed by atoms with Crippen LogP contribution in [0.5, 0.6) is 11.6 Å². The minimum Gasteiger partial charge on any atom is -0.494 e. The number of nitrogens with zero attached hydrogens (tertiary/aromatic N) is 1. The molecule has 1 aromatic carbocycles. The van der Waals surface area contributed by atoms with Gasteiger partial charge in [0, 0.05) is 12.0 Å². The van der Waals surface area contributed by atoms with Gasteiger partial charge in [-0.05, 0) is 12.5 Å². The zero-order chi connectivity index (χ0) is 15.0. The van der Waals surface area contributed by atoms with E-state index in [1.807, 2.05) is 24.3 Å². The summed E-state index contributed by atoms with van der Waals surface area (Å²) in [4.78, 5) is 26.1. The Bertz CT molecular complexity index is 791. The van der Waals surface area contributed by atoms with E-state index in [-0.39, 0.29) is 17.5 Å².